The van der Waals surface area contributed by atoms with Gasteiger partial charge in [-0.3, -0.25) is 9.59 Å². The van der Waals surface area contributed by atoms with Crippen molar-refractivity contribution in [2.75, 3.05) is 0 Å². The summed E-state index contributed by atoms with van der Waals surface area (Å²) in [6, 6.07) is 10.8. The maximum Gasteiger partial charge on any atom is 0.336 e. The molecule has 5 aromatic rings. The molecule has 0 aromatic heterocycles. The highest BCUT2D eigenvalue weighted by Gasteiger charge is 2.26. The summed E-state index contributed by atoms with van der Waals surface area (Å²) in [7, 11) is 0. The van der Waals surface area contributed by atoms with E-state index in [1.54, 1.807) is 24.3 Å². The zero-order valence-corrected chi connectivity index (χ0v) is 17.9. The Morgan fingerprint density at radius 3 is 1.59 bits per heavy atom. The van der Waals surface area contributed by atoms with Gasteiger partial charge >= 0.3 is 11.9 Å². The number of carbonyl (C=O) groups excluding carboxylic acids is 2. The Morgan fingerprint density at radius 1 is 0.618 bits per heavy atom. The lowest BCUT2D eigenvalue weighted by Crippen LogP contribution is -2.17. The van der Waals surface area contributed by atoms with Crippen LogP contribution in [-0.4, -0.2) is 34.0 Å². The normalized spacial score (nSPS) is 11.6. The minimum absolute atomic E-state index is 0.119. The third kappa shape index (κ3) is 2.65. The Bertz CT molecular complexity index is 1730. The van der Waals surface area contributed by atoms with E-state index in [1.807, 2.05) is 6.92 Å². The van der Waals surface area contributed by atoms with E-state index < -0.39 is 23.8 Å². The van der Waals surface area contributed by atoms with Crippen LogP contribution in [0.5, 0.6) is 0 Å². The number of amides is 2. The molecule has 0 heterocycles. The Hall–Kier alpha value is -4.72. The largest absolute Gasteiger partial charge is 0.478 e. The van der Waals surface area contributed by atoms with Crippen LogP contribution in [0.4, 0.5) is 0 Å². The Labute approximate surface area is 191 Å². The minimum atomic E-state index is -1.24. The van der Waals surface area contributed by atoms with Crippen molar-refractivity contribution >= 4 is 66.8 Å². The Kier molecular flexibility index (Phi) is 4.44. The number of carbonyl (C=O) groups is 4. The monoisotopic (exact) mass is 454 g/mol. The summed E-state index contributed by atoms with van der Waals surface area (Å²) >= 11 is 0. The van der Waals surface area contributed by atoms with Gasteiger partial charge in [-0.15, -0.1) is 0 Å². The lowest BCUT2D eigenvalue weighted by Gasteiger charge is -2.21. The first-order chi connectivity index (χ1) is 16.2. The van der Waals surface area contributed by atoms with E-state index >= 15 is 0 Å². The first-order valence-electron chi connectivity index (χ1n) is 10.5. The standard InChI is InChI=1S/C26H18N2O6/c1-2-10-9-17(24(28)30)20-14(23(27)29)6-3-12-11-4-7-15(25(31)32)21-16(26(33)34)8-5-13(19(11)21)18(10)22(12)20/h3-9H,2H2,1H3,(H2,27,29)(H2,28,30)(H,31,32)(H,33,34). The number of carboxylic acids is 2. The molecule has 168 valence electrons. The predicted octanol–water partition coefficient (Wildman–Crippen LogP) is 3.89. The van der Waals surface area contributed by atoms with Gasteiger partial charge in [-0.25, -0.2) is 9.59 Å². The van der Waals surface area contributed by atoms with Crippen LogP contribution >= 0.6 is 0 Å². The van der Waals surface area contributed by atoms with Crippen molar-refractivity contribution in [2.45, 2.75) is 13.3 Å². The molecule has 2 amide bonds. The van der Waals surface area contributed by atoms with Crippen LogP contribution in [0.2, 0.25) is 0 Å². The average Bonchev–Trinajstić information content (AvgIpc) is 2.80. The van der Waals surface area contributed by atoms with Crippen molar-refractivity contribution < 1.29 is 29.4 Å². The van der Waals surface area contributed by atoms with Crippen molar-refractivity contribution in [1.82, 2.24) is 0 Å². The van der Waals surface area contributed by atoms with Crippen molar-refractivity contribution in [2.24, 2.45) is 11.5 Å². The number of carboxylic acid groups (broad SMARTS) is 2. The van der Waals surface area contributed by atoms with E-state index in [4.69, 9.17) is 11.5 Å². The summed E-state index contributed by atoms with van der Waals surface area (Å²) in [5.74, 6) is -3.92. The van der Waals surface area contributed by atoms with Crippen LogP contribution in [0.15, 0.2) is 42.5 Å². The van der Waals surface area contributed by atoms with Gasteiger partial charge in [0.05, 0.1) is 11.1 Å². The van der Waals surface area contributed by atoms with Gasteiger partial charge in [-0.1, -0.05) is 25.1 Å². The maximum absolute atomic E-state index is 12.4. The Balaban J connectivity index is 2.22. The molecule has 0 atom stereocenters. The fraction of sp³-hybridized carbons (Fsp3) is 0.0769. The van der Waals surface area contributed by atoms with Gasteiger partial charge in [0, 0.05) is 21.9 Å². The quantitative estimate of drug-likeness (QED) is 0.233. The van der Waals surface area contributed by atoms with E-state index in [-0.39, 0.29) is 27.6 Å². The molecule has 0 bridgehead atoms. The molecule has 34 heavy (non-hydrogen) atoms. The molecule has 0 aliphatic carbocycles. The van der Waals surface area contributed by atoms with Gasteiger partial charge < -0.3 is 21.7 Å². The van der Waals surface area contributed by atoms with Crippen molar-refractivity contribution in [3.8, 4) is 0 Å². The van der Waals surface area contributed by atoms with Gasteiger partial charge in [0.25, 0.3) is 0 Å². The topological polar surface area (TPSA) is 161 Å². The third-order valence-corrected chi connectivity index (χ3v) is 6.46. The number of hydrogen-bond donors (Lipinski definition) is 4. The highest BCUT2D eigenvalue weighted by molar-refractivity contribution is 6.38. The molecule has 0 saturated heterocycles. The first-order valence-corrected chi connectivity index (χ1v) is 10.5. The molecule has 5 aromatic carbocycles. The summed E-state index contributed by atoms with van der Waals surface area (Å²) in [6.07, 6.45) is 0.502. The predicted molar refractivity (Wildman–Crippen MR) is 128 cm³/mol. The highest BCUT2D eigenvalue weighted by atomic mass is 16.4. The van der Waals surface area contributed by atoms with Crippen molar-refractivity contribution in [3.63, 3.8) is 0 Å². The number of primary amides is 2. The number of benzene rings is 5. The summed E-state index contributed by atoms with van der Waals surface area (Å²) in [4.78, 5) is 48.7. The molecular weight excluding hydrogens is 436 g/mol. The number of aryl methyl sites for hydroxylation is 1. The molecule has 8 heteroatoms. The van der Waals surface area contributed by atoms with Gasteiger partial charge in [0.2, 0.25) is 11.8 Å². The number of fused-ring (bicyclic) bond motifs is 2. The molecule has 0 aliphatic heterocycles. The SMILES string of the molecule is CCc1cc(C(N)=O)c2c(C(N)=O)ccc3c4ccc(C(=O)O)c5c(C(=O)O)ccc(c1c23)c54. The number of nitrogens with two attached hydrogens (primary N) is 2. The van der Waals surface area contributed by atoms with Gasteiger partial charge in [-0.05, 0) is 68.6 Å². The average molecular weight is 454 g/mol. The molecule has 0 saturated carbocycles. The summed E-state index contributed by atoms with van der Waals surface area (Å²) < 4.78 is 0. The molecule has 0 aliphatic rings. The summed E-state index contributed by atoms with van der Waals surface area (Å²) in [5.41, 5.74) is 12.1. The fourth-order valence-corrected chi connectivity index (χ4v) is 5.12. The van der Waals surface area contributed by atoms with E-state index in [2.05, 4.69) is 0 Å². The fourth-order valence-electron chi connectivity index (χ4n) is 5.12. The van der Waals surface area contributed by atoms with Crippen LogP contribution < -0.4 is 11.5 Å². The molecule has 8 nitrogen and oxygen atoms in total. The third-order valence-electron chi connectivity index (χ3n) is 6.46. The van der Waals surface area contributed by atoms with Crippen LogP contribution in [0.1, 0.15) is 53.9 Å². The smallest absolute Gasteiger partial charge is 0.336 e. The minimum Gasteiger partial charge on any atom is -0.478 e. The van der Waals surface area contributed by atoms with Crippen molar-refractivity contribution in [1.29, 1.82) is 0 Å². The molecule has 0 spiro atoms. The van der Waals surface area contributed by atoms with E-state index in [1.165, 1.54) is 18.2 Å². The van der Waals surface area contributed by atoms with E-state index in [0.717, 1.165) is 5.56 Å². The summed E-state index contributed by atoms with van der Waals surface area (Å²) in [6.45, 7) is 1.89. The maximum atomic E-state index is 12.4. The lowest BCUT2D eigenvalue weighted by atomic mass is 9.82. The zero-order chi connectivity index (χ0) is 24.5. The highest BCUT2D eigenvalue weighted by Crippen LogP contribution is 2.45. The molecule has 6 N–H and O–H groups in total. The second-order valence-corrected chi connectivity index (χ2v) is 8.13. The molecular formula is C26H18N2O6. The van der Waals surface area contributed by atoms with Crippen LogP contribution in [0.3, 0.4) is 0 Å². The van der Waals surface area contributed by atoms with Gasteiger partial charge in [0.1, 0.15) is 0 Å². The molecule has 5 rings (SSSR count). The van der Waals surface area contributed by atoms with Crippen molar-refractivity contribution in [3.05, 3.63) is 70.3 Å². The van der Waals surface area contributed by atoms with Crippen LogP contribution in [0, 0.1) is 0 Å². The lowest BCUT2D eigenvalue weighted by molar-refractivity contribution is 0.0695. The second-order valence-electron chi connectivity index (χ2n) is 8.13. The number of rotatable bonds is 5. The van der Waals surface area contributed by atoms with E-state index in [0.29, 0.717) is 44.1 Å². The number of aromatic carboxylic acids is 2. The molecule has 0 unspecified atom stereocenters. The first kappa shape index (κ1) is 21.1. The van der Waals surface area contributed by atoms with Crippen LogP contribution in [0.25, 0.3) is 43.1 Å². The number of hydrogen-bond acceptors (Lipinski definition) is 4. The summed E-state index contributed by atoms with van der Waals surface area (Å²) in [5, 5.41) is 23.7. The second kappa shape index (κ2) is 7.14. The Morgan fingerprint density at radius 2 is 1.09 bits per heavy atom. The van der Waals surface area contributed by atoms with Gasteiger partial charge in [0.15, 0.2) is 0 Å². The van der Waals surface area contributed by atoms with Gasteiger partial charge in [-0.2, -0.15) is 0 Å². The van der Waals surface area contributed by atoms with E-state index in [9.17, 15) is 29.4 Å². The van der Waals surface area contributed by atoms with Crippen LogP contribution in [-0.2, 0) is 6.42 Å². The zero-order valence-electron chi connectivity index (χ0n) is 17.9. The molecule has 0 radical (unpaired) electrons. The molecule has 0 fully saturated rings.